The van der Waals surface area contributed by atoms with Crippen molar-refractivity contribution in [1.82, 2.24) is 9.80 Å². The number of piperazine rings is 1. The molecule has 1 heterocycles. The highest BCUT2D eigenvalue weighted by molar-refractivity contribution is 5.99. The van der Waals surface area contributed by atoms with E-state index in [9.17, 15) is 9.59 Å². The van der Waals surface area contributed by atoms with Crippen molar-refractivity contribution in [2.24, 2.45) is 0 Å². The second-order valence-electron chi connectivity index (χ2n) is 5.11. The average molecular weight is 276 g/mol. The predicted molar refractivity (Wildman–Crippen MR) is 75.7 cm³/mol. The van der Waals surface area contributed by atoms with Gasteiger partial charge in [-0.15, -0.1) is 0 Å². The normalized spacial score (nSPS) is 15.7. The zero-order valence-corrected chi connectivity index (χ0v) is 12.1. The zero-order valence-electron chi connectivity index (χ0n) is 12.1. The van der Waals surface area contributed by atoms with Crippen LogP contribution in [-0.4, -0.2) is 54.4 Å². The van der Waals surface area contributed by atoms with Gasteiger partial charge in [-0.2, -0.15) is 0 Å². The third kappa shape index (κ3) is 2.76. The molecule has 1 aromatic rings. The fourth-order valence-corrected chi connectivity index (χ4v) is 2.40. The molecule has 1 aromatic carbocycles. The Labute approximate surface area is 119 Å². The molecule has 2 rings (SSSR count). The van der Waals surface area contributed by atoms with Crippen molar-refractivity contribution < 1.29 is 14.3 Å². The number of hydrogen-bond donors (Lipinski definition) is 0. The maximum atomic E-state index is 12.5. The number of hydrogen-bond acceptors (Lipinski definition) is 3. The van der Waals surface area contributed by atoms with Gasteiger partial charge in [0, 0.05) is 19.1 Å². The summed E-state index contributed by atoms with van der Waals surface area (Å²) in [5.41, 5.74) is 0.501. The van der Waals surface area contributed by atoms with Crippen molar-refractivity contribution in [2.45, 2.75) is 19.9 Å². The summed E-state index contributed by atoms with van der Waals surface area (Å²) in [6.07, 6.45) is 0. The number of nitrogens with zero attached hydrogens (tertiary/aromatic N) is 2. The lowest BCUT2D eigenvalue weighted by Crippen LogP contribution is -2.54. The summed E-state index contributed by atoms with van der Waals surface area (Å²) >= 11 is 0. The Balaban J connectivity index is 2.13. The maximum absolute atomic E-state index is 12.5. The first-order valence-electron chi connectivity index (χ1n) is 6.76. The minimum Gasteiger partial charge on any atom is -0.496 e. The number of rotatable bonds is 3. The van der Waals surface area contributed by atoms with Crippen LogP contribution in [0.4, 0.5) is 0 Å². The van der Waals surface area contributed by atoms with Crippen LogP contribution >= 0.6 is 0 Å². The molecule has 2 amide bonds. The molecule has 0 spiro atoms. The van der Waals surface area contributed by atoms with Gasteiger partial charge in [0.25, 0.3) is 5.91 Å². The zero-order chi connectivity index (χ0) is 14.7. The molecule has 0 radical (unpaired) electrons. The van der Waals surface area contributed by atoms with Gasteiger partial charge in [-0.3, -0.25) is 9.59 Å². The highest BCUT2D eigenvalue weighted by Crippen LogP contribution is 2.20. The van der Waals surface area contributed by atoms with Crippen molar-refractivity contribution in [3.05, 3.63) is 29.8 Å². The maximum Gasteiger partial charge on any atom is 0.258 e. The Morgan fingerprint density at radius 1 is 1.25 bits per heavy atom. The van der Waals surface area contributed by atoms with Gasteiger partial charge in [0.2, 0.25) is 5.91 Å². The third-order valence-electron chi connectivity index (χ3n) is 3.51. The molecule has 1 saturated heterocycles. The summed E-state index contributed by atoms with van der Waals surface area (Å²) in [6, 6.07) is 7.25. The van der Waals surface area contributed by atoms with Gasteiger partial charge in [0.05, 0.1) is 12.7 Å². The minimum atomic E-state index is -0.154. The van der Waals surface area contributed by atoms with E-state index in [0.29, 0.717) is 24.4 Å². The van der Waals surface area contributed by atoms with Gasteiger partial charge in [0.1, 0.15) is 12.3 Å². The molecule has 1 aliphatic rings. The van der Waals surface area contributed by atoms with Crippen molar-refractivity contribution in [1.29, 1.82) is 0 Å². The molecule has 5 nitrogen and oxygen atoms in total. The quantitative estimate of drug-likeness (QED) is 0.838. The highest BCUT2D eigenvalue weighted by atomic mass is 16.5. The largest absolute Gasteiger partial charge is 0.496 e. The van der Waals surface area contributed by atoms with Crippen molar-refractivity contribution in [3.63, 3.8) is 0 Å². The van der Waals surface area contributed by atoms with Crippen LogP contribution in [0, 0.1) is 0 Å². The molecule has 1 aliphatic heterocycles. The lowest BCUT2D eigenvalue weighted by atomic mass is 10.1. The fourth-order valence-electron chi connectivity index (χ4n) is 2.40. The highest BCUT2D eigenvalue weighted by Gasteiger charge is 2.29. The Morgan fingerprint density at radius 3 is 2.55 bits per heavy atom. The fraction of sp³-hybridized carbons (Fsp3) is 0.467. The molecule has 0 aromatic heterocycles. The molecule has 20 heavy (non-hydrogen) atoms. The van der Waals surface area contributed by atoms with E-state index in [1.807, 2.05) is 19.9 Å². The number of carbonyl (C=O) groups is 2. The van der Waals surface area contributed by atoms with Crippen LogP contribution in [0.1, 0.15) is 24.2 Å². The molecule has 0 unspecified atom stereocenters. The second kappa shape index (κ2) is 5.94. The molecule has 5 heteroatoms. The van der Waals surface area contributed by atoms with E-state index in [1.54, 1.807) is 28.0 Å². The van der Waals surface area contributed by atoms with Gasteiger partial charge in [-0.25, -0.2) is 0 Å². The number of ether oxygens (including phenoxy) is 1. The smallest absolute Gasteiger partial charge is 0.258 e. The summed E-state index contributed by atoms with van der Waals surface area (Å²) in [7, 11) is 1.54. The van der Waals surface area contributed by atoms with E-state index in [0.717, 1.165) is 0 Å². The molecule has 0 bridgehead atoms. The Bertz CT molecular complexity index is 514. The molecule has 0 saturated carbocycles. The first-order valence-corrected chi connectivity index (χ1v) is 6.76. The van der Waals surface area contributed by atoms with Crippen LogP contribution in [0.3, 0.4) is 0 Å². The van der Waals surface area contributed by atoms with E-state index < -0.39 is 0 Å². The summed E-state index contributed by atoms with van der Waals surface area (Å²) in [5.74, 6) is 0.380. The number of methoxy groups -OCH3 is 1. The molecular formula is C15H20N2O3. The lowest BCUT2D eigenvalue weighted by Gasteiger charge is -2.36. The van der Waals surface area contributed by atoms with Crippen LogP contribution in [0.2, 0.25) is 0 Å². The third-order valence-corrected chi connectivity index (χ3v) is 3.51. The van der Waals surface area contributed by atoms with Gasteiger partial charge < -0.3 is 14.5 Å². The van der Waals surface area contributed by atoms with Gasteiger partial charge in [0.15, 0.2) is 0 Å². The Morgan fingerprint density at radius 2 is 1.95 bits per heavy atom. The number of carbonyl (C=O) groups excluding carboxylic acids is 2. The van der Waals surface area contributed by atoms with Gasteiger partial charge in [-0.05, 0) is 26.0 Å². The molecule has 1 fully saturated rings. The molecule has 108 valence electrons. The molecule has 0 atom stereocenters. The topological polar surface area (TPSA) is 49.9 Å². The van der Waals surface area contributed by atoms with E-state index >= 15 is 0 Å². The van der Waals surface area contributed by atoms with Gasteiger partial charge >= 0.3 is 0 Å². The summed E-state index contributed by atoms with van der Waals surface area (Å²) in [6.45, 7) is 5.23. The van der Waals surface area contributed by atoms with Crippen LogP contribution < -0.4 is 4.74 Å². The SMILES string of the molecule is COc1ccccc1C(=O)N1CCN(C(C)C)C(=O)C1. The van der Waals surface area contributed by atoms with Crippen LogP contribution in [0.5, 0.6) is 5.75 Å². The van der Waals surface area contributed by atoms with Crippen LogP contribution in [-0.2, 0) is 4.79 Å². The monoisotopic (exact) mass is 276 g/mol. The first kappa shape index (κ1) is 14.4. The Kier molecular flexibility index (Phi) is 4.27. The Hall–Kier alpha value is -2.04. The number of para-hydroxylation sites is 1. The van der Waals surface area contributed by atoms with E-state index in [1.165, 1.54) is 7.11 Å². The molecule has 0 aliphatic carbocycles. The molecular weight excluding hydrogens is 256 g/mol. The first-order chi connectivity index (χ1) is 9.54. The minimum absolute atomic E-state index is 0.00509. The average Bonchev–Trinajstić information content (AvgIpc) is 2.45. The van der Waals surface area contributed by atoms with E-state index in [-0.39, 0.29) is 24.4 Å². The van der Waals surface area contributed by atoms with E-state index in [4.69, 9.17) is 4.74 Å². The standard InChI is InChI=1S/C15H20N2O3/c1-11(2)17-9-8-16(10-14(17)18)15(19)12-6-4-5-7-13(12)20-3/h4-7,11H,8-10H2,1-3H3. The molecule has 0 N–H and O–H groups in total. The summed E-state index contributed by atoms with van der Waals surface area (Å²) in [4.78, 5) is 27.9. The number of benzene rings is 1. The summed E-state index contributed by atoms with van der Waals surface area (Å²) in [5, 5.41) is 0. The second-order valence-corrected chi connectivity index (χ2v) is 5.11. The number of amides is 2. The van der Waals surface area contributed by atoms with Crippen molar-refractivity contribution in [3.8, 4) is 5.75 Å². The van der Waals surface area contributed by atoms with Crippen molar-refractivity contribution in [2.75, 3.05) is 26.7 Å². The predicted octanol–water partition coefficient (Wildman–Crippen LogP) is 1.39. The van der Waals surface area contributed by atoms with Crippen molar-refractivity contribution >= 4 is 11.8 Å². The lowest BCUT2D eigenvalue weighted by molar-refractivity contribution is -0.136. The van der Waals surface area contributed by atoms with E-state index in [2.05, 4.69) is 0 Å². The summed E-state index contributed by atoms with van der Waals surface area (Å²) < 4.78 is 5.20. The van der Waals surface area contributed by atoms with Crippen LogP contribution in [0.15, 0.2) is 24.3 Å². The van der Waals surface area contributed by atoms with Crippen LogP contribution in [0.25, 0.3) is 0 Å². The van der Waals surface area contributed by atoms with Gasteiger partial charge in [-0.1, -0.05) is 12.1 Å².